The Morgan fingerprint density at radius 2 is 1.96 bits per heavy atom. The molecule has 144 valence electrons. The highest BCUT2D eigenvalue weighted by atomic mass is 16.1. The number of Topliss-reactive ketones (excluding diaryl/α,β-unsaturated/α-hetero) is 1. The fourth-order valence-electron chi connectivity index (χ4n) is 4.69. The highest BCUT2D eigenvalue weighted by Gasteiger charge is 2.36. The third-order valence-electron chi connectivity index (χ3n) is 6.15. The fourth-order valence-corrected chi connectivity index (χ4v) is 4.69. The lowest BCUT2D eigenvalue weighted by Crippen LogP contribution is -2.44. The van der Waals surface area contributed by atoms with E-state index in [0.717, 1.165) is 67.7 Å². The molecule has 5 rings (SSSR count). The first kappa shape index (κ1) is 17.6. The van der Waals surface area contributed by atoms with Crippen molar-refractivity contribution in [3.05, 3.63) is 65.5 Å². The van der Waals surface area contributed by atoms with Gasteiger partial charge in [0.2, 0.25) is 0 Å². The van der Waals surface area contributed by atoms with Gasteiger partial charge in [0.15, 0.2) is 5.78 Å². The van der Waals surface area contributed by atoms with Crippen molar-refractivity contribution in [3.8, 4) is 0 Å². The maximum absolute atomic E-state index is 13.1. The SMILES string of the molecule is O=C(c1ccc(Cc2nc3ccccc3[nH]2)cc1)C1CCCN1[C@H]1CCNC1. The number of para-hydroxylation sites is 2. The second kappa shape index (κ2) is 7.49. The lowest BCUT2D eigenvalue weighted by atomic mass is 9.99. The van der Waals surface area contributed by atoms with E-state index in [-0.39, 0.29) is 11.8 Å². The van der Waals surface area contributed by atoms with Gasteiger partial charge in [0.25, 0.3) is 0 Å². The largest absolute Gasteiger partial charge is 0.342 e. The molecular formula is C23H26N4O. The Morgan fingerprint density at radius 1 is 1.11 bits per heavy atom. The highest BCUT2D eigenvalue weighted by Crippen LogP contribution is 2.26. The van der Waals surface area contributed by atoms with Crippen LogP contribution in [0.4, 0.5) is 0 Å². The number of carbonyl (C=O) groups is 1. The van der Waals surface area contributed by atoms with Crippen molar-refractivity contribution >= 4 is 16.8 Å². The molecule has 5 heteroatoms. The molecule has 2 aliphatic rings. The summed E-state index contributed by atoms with van der Waals surface area (Å²) in [6.45, 7) is 3.13. The smallest absolute Gasteiger partial charge is 0.179 e. The molecule has 28 heavy (non-hydrogen) atoms. The van der Waals surface area contributed by atoms with Gasteiger partial charge in [-0.1, -0.05) is 36.4 Å². The third kappa shape index (κ3) is 3.36. The molecule has 0 spiro atoms. The number of imidazole rings is 1. The number of H-pyrrole nitrogens is 1. The number of hydrogen-bond acceptors (Lipinski definition) is 4. The summed E-state index contributed by atoms with van der Waals surface area (Å²) in [5.41, 5.74) is 4.05. The van der Waals surface area contributed by atoms with Gasteiger partial charge in [-0.15, -0.1) is 0 Å². The Hall–Kier alpha value is -2.50. The first-order chi connectivity index (χ1) is 13.8. The number of aromatic amines is 1. The number of nitrogens with one attached hydrogen (secondary N) is 2. The summed E-state index contributed by atoms with van der Waals surface area (Å²) >= 11 is 0. The third-order valence-corrected chi connectivity index (χ3v) is 6.15. The van der Waals surface area contributed by atoms with Gasteiger partial charge >= 0.3 is 0 Å². The zero-order valence-corrected chi connectivity index (χ0v) is 16.0. The Balaban J connectivity index is 1.29. The standard InChI is InChI=1S/C23H26N4O/c28-23(21-6-3-13-27(21)18-11-12-24-15-18)17-9-7-16(8-10-17)14-22-25-19-4-1-2-5-20(19)26-22/h1-2,4-5,7-10,18,21,24H,3,6,11-15H2,(H,25,26)/t18-,21?/m0/s1. The van der Waals surface area contributed by atoms with Gasteiger partial charge in [-0.25, -0.2) is 4.98 Å². The van der Waals surface area contributed by atoms with Crippen LogP contribution in [-0.4, -0.2) is 52.4 Å². The summed E-state index contributed by atoms with van der Waals surface area (Å²) in [6, 6.07) is 16.8. The van der Waals surface area contributed by atoms with Gasteiger partial charge < -0.3 is 10.3 Å². The van der Waals surface area contributed by atoms with Gasteiger partial charge in [0.05, 0.1) is 17.1 Å². The van der Waals surface area contributed by atoms with Crippen LogP contribution in [0.15, 0.2) is 48.5 Å². The number of aromatic nitrogens is 2. The Kier molecular flexibility index (Phi) is 4.71. The van der Waals surface area contributed by atoms with E-state index >= 15 is 0 Å². The molecule has 0 aliphatic carbocycles. The topological polar surface area (TPSA) is 61.0 Å². The molecule has 0 amide bonds. The monoisotopic (exact) mass is 374 g/mol. The maximum atomic E-state index is 13.1. The normalized spacial score (nSPS) is 22.9. The second-order valence-electron chi connectivity index (χ2n) is 7.98. The number of hydrogen-bond donors (Lipinski definition) is 2. The number of fused-ring (bicyclic) bond motifs is 1. The van der Waals surface area contributed by atoms with Gasteiger partial charge in [-0.2, -0.15) is 0 Å². The van der Waals surface area contributed by atoms with Crippen LogP contribution in [0.5, 0.6) is 0 Å². The van der Waals surface area contributed by atoms with Crippen LogP contribution < -0.4 is 5.32 Å². The van der Waals surface area contributed by atoms with Crippen molar-refractivity contribution in [1.82, 2.24) is 20.2 Å². The van der Waals surface area contributed by atoms with Gasteiger partial charge in [-0.3, -0.25) is 9.69 Å². The van der Waals surface area contributed by atoms with Crippen LogP contribution in [0.3, 0.4) is 0 Å². The van der Waals surface area contributed by atoms with Crippen molar-refractivity contribution < 1.29 is 4.79 Å². The van der Waals surface area contributed by atoms with Crippen molar-refractivity contribution in [2.45, 2.75) is 37.8 Å². The molecule has 1 unspecified atom stereocenters. The minimum absolute atomic E-state index is 0.0473. The first-order valence-electron chi connectivity index (χ1n) is 10.3. The number of carbonyl (C=O) groups excluding carboxylic acids is 1. The van der Waals surface area contributed by atoms with E-state index in [1.165, 1.54) is 5.56 Å². The Labute approximate surface area is 165 Å². The van der Waals surface area contributed by atoms with E-state index in [2.05, 4.69) is 32.3 Å². The van der Waals surface area contributed by atoms with Gasteiger partial charge in [0.1, 0.15) is 5.82 Å². The quantitative estimate of drug-likeness (QED) is 0.674. The number of ketones is 1. The minimum Gasteiger partial charge on any atom is -0.342 e. The first-order valence-corrected chi connectivity index (χ1v) is 10.3. The molecule has 1 aromatic heterocycles. The van der Waals surface area contributed by atoms with Crippen LogP contribution in [0.25, 0.3) is 11.0 Å². The number of likely N-dealkylation sites (tertiary alicyclic amines) is 1. The summed E-state index contributed by atoms with van der Waals surface area (Å²) in [6.07, 6.45) is 4.00. The zero-order chi connectivity index (χ0) is 18.9. The molecule has 2 aromatic carbocycles. The van der Waals surface area contributed by atoms with Crippen LogP contribution >= 0.6 is 0 Å². The summed E-state index contributed by atoms with van der Waals surface area (Å²) in [5, 5.41) is 3.43. The molecule has 0 radical (unpaired) electrons. The molecule has 2 saturated heterocycles. The average molecular weight is 374 g/mol. The van der Waals surface area contributed by atoms with E-state index in [4.69, 9.17) is 0 Å². The summed E-state index contributed by atoms with van der Waals surface area (Å²) < 4.78 is 0. The highest BCUT2D eigenvalue weighted by molar-refractivity contribution is 6.00. The van der Waals surface area contributed by atoms with E-state index in [9.17, 15) is 4.79 Å². The summed E-state index contributed by atoms with van der Waals surface area (Å²) in [5.74, 6) is 1.23. The molecule has 3 heterocycles. The number of nitrogens with zero attached hydrogens (tertiary/aromatic N) is 2. The molecule has 0 saturated carbocycles. The van der Waals surface area contributed by atoms with E-state index in [0.29, 0.717) is 6.04 Å². The minimum atomic E-state index is 0.0473. The predicted octanol–water partition coefficient (Wildman–Crippen LogP) is 3.16. The van der Waals surface area contributed by atoms with Crippen LogP contribution in [-0.2, 0) is 6.42 Å². The number of rotatable bonds is 5. The Bertz CT molecular complexity index is 939. The van der Waals surface area contributed by atoms with E-state index < -0.39 is 0 Å². The lowest BCUT2D eigenvalue weighted by molar-refractivity contribution is 0.0826. The van der Waals surface area contributed by atoms with E-state index in [1.54, 1.807) is 0 Å². The second-order valence-corrected chi connectivity index (χ2v) is 7.98. The van der Waals surface area contributed by atoms with Crippen LogP contribution in [0.2, 0.25) is 0 Å². The zero-order valence-electron chi connectivity index (χ0n) is 16.0. The molecule has 2 N–H and O–H groups in total. The lowest BCUT2D eigenvalue weighted by Gasteiger charge is -2.29. The van der Waals surface area contributed by atoms with Crippen molar-refractivity contribution in [2.24, 2.45) is 0 Å². The van der Waals surface area contributed by atoms with Gasteiger partial charge in [0, 0.05) is 24.6 Å². The summed E-state index contributed by atoms with van der Waals surface area (Å²) in [7, 11) is 0. The molecule has 0 bridgehead atoms. The van der Waals surface area contributed by atoms with E-state index in [1.807, 2.05) is 36.4 Å². The van der Waals surface area contributed by atoms with Crippen molar-refractivity contribution in [1.29, 1.82) is 0 Å². The molecule has 2 fully saturated rings. The molecule has 3 aromatic rings. The van der Waals surface area contributed by atoms with Crippen LogP contribution in [0, 0.1) is 0 Å². The van der Waals surface area contributed by atoms with Crippen LogP contribution in [0.1, 0.15) is 41.0 Å². The molecule has 5 nitrogen and oxygen atoms in total. The Morgan fingerprint density at radius 3 is 2.75 bits per heavy atom. The van der Waals surface area contributed by atoms with Gasteiger partial charge in [-0.05, 0) is 50.0 Å². The predicted molar refractivity (Wildman–Crippen MR) is 111 cm³/mol. The number of benzene rings is 2. The van der Waals surface area contributed by atoms with Crippen molar-refractivity contribution in [2.75, 3.05) is 19.6 Å². The maximum Gasteiger partial charge on any atom is 0.179 e. The summed E-state index contributed by atoms with van der Waals surface area (Å²) in [4.78, 5) is 23.6. The molecule has 2 atom stereocenters. The van der Waals surface area contributed by atoms with Crippen molar-refractivity contribution in [3.63, 3.8) is 0 Å². The average Bonchev–Trinajstić information content (AvgIpc) is 3.46. The fraction of sp³-hybridized carbons (Fsp3) is 0.391. The molecule has 2 aliphatic heterocycles. The molecular weight excluding hydrogens is 348 g/mol.